The van der Waals surface area contributed by atoms with Crippen molar-refractivity contribution < 1.29 is 30.0 Å². The summed E-state index contributed by atoms with van der Waals surface area (Å²) >= 11 is 0. The fraction of sp³-hybridized carbons (Fsp3) is 0.200. The van der Waals surface area contributed by atoms with Crippen LogP contribution in [0.25, 0.3) is 33.5 Å². The Balaban J connectivity index is 2.02. The van der Waals surface area contributed by atoms with Crippen LogP contribution in [0.3, 0.4) is 0 Å². The SMILES string of the molecule is CCS(=O)(=O)c1cc2ccccc2nc1-c1nc2cc(S(=O)(=O)C(F)(F)F)ccc2n1C. The zero-order valence-electron chi connectivity index (χ0n) is 16.8. The van der Waals surface area contributed by atoms with Gasteiger partial charge in [0.05, 0.1) is 32.1 Å². The number of aryl methyl sites for hydroxylation is 1. The standard InChI is InChI=1S/C20H16F3N3O4S2/c1-3-31(27,28)17-10-12-6-4-5-7-14(12)24-18(17)19-25-15-11-13(8-9-16(15)26(19)2)32(29,30)20(21,22)23/h4-11H,3H2,1-2H3. The molecule has 0 spiro atoms. The Morgan fingerprint density at radius 2 is 1.62 bits per heavy atom. The van der Waals surface area contributed by atoms with Gasteiger partial charge in [0, 0.05) is 12.4 Å². The number of aromatic nitrogens is 3. The molecule has 4 aromatic rings. The second-order valence-corrected chi connectivity index (χ2v) is 11.2. The second-order valence-electron chi connectivity index (χ2n) is 7.03. The van der Waals surface area contributed by atoms with E-state index in [1.165, 1.54) is 23.6 Å². The molecule has 0 saturated carbocycles. The van der Waals surface area contributed by atoms with E-state index in [1.807, 2.05) is 0 Å². The van der Waals surface area contributed by atoms with Gasteiger partial charge >= 0.3 is 5.51 Å². The van der Waals surface area contributed by atoms with Crippen LogP contribution in [0.15, 0.2) is 58.3 Å². The molecule has 2 aromatic heterocycles. The lowest BCUT2D eigenvalue weighted by Crippen LogP contribution is -2.23. The van der Waals surface area contributed by atoms with Gasteiger partial charge < -0.3 is 4.57 Å². The third-order valence-corrected chi connectivity index (χ3v) is 8.31. The molecule has 0 N–H and O–H groups in total. The van der Waals surface area contributed by atoms with Crippen LogP contribution in [0.4, 0.5) is 13.2 Å². The molecule has 0 radical (unpaired) electrons. The molecular weight excluding hydrogens is 467 g/mol. The van der Waals surface area contributed by atoms with Gasteiger partial charge in [0.2, 0.25) is 0 Å². The first kappa shape index (κ1) is 22.2. The van der Waals surface area contributed by atoms with Crippen LogP contribution in [0.5, 0.6) is 0 Å². The maximum Gasteiger partial charge on any atom is 0.501 e. The summed E-state index contributed by atoms with van der Waals surface area (Å²) in [5.41, 5.74) is -4.64. The summed E-state index contributed by atoms with van der Waals surface area (Å²) in [6.45, 7) is 1.48. The highest BCUT2D eigenvalue weighted by Crippen LogP contribution is 2.34. The monoisotopic (exact) mass is 483 g/mol. The van der Waals surface area contributed by atoms with E-state index in [0.717, 1.165) is 12.1 Å². The fourth-order valence-corrected chi connectivity index (χ4v) is 5.17. The summed E-state index contributed by atoms with van der Waals surface area (Å²) in [6.07, 6.45) is 0. The Labute approximate surface area is 181 Å². The van der Waals surface area contributed by atoms with Crippen molar-refractivity contribution in [3.63, 3.8) is 0 Å². The van der Waals surface area contributed by atoms with E-state index in [1.54, 1.807) is 31.3 Å². The van der Waals surface area contributed by atoms with E-state index >= 15 is 0 Å². The summed E-state index contributed by atoms with van der Waals surface area (Å²) in [5.74, 6) is -0.114. The van der Waals surface area contributed by atoms with Crippen molar-refractivity contribution in [3.8, 4) is 11.5 Å². The van der Waals surface area contributed by atoms with Crippen LogP contribution in [0.2, 0.25) is 0 Å². The van der Waals surface area contributed by atoms with E-state index in [4.69, 9.17) is 0 Å². The molecule has 168 valence electrons. The Hall–Kier alpha value is -2.99. The van der Waals surface area contributed by atoms with Crippen LogP contribution in [-0.2, 0) is 26.7 Å². The Bertz CT molecular complexity index is 1590. The van der Waals surface area contributed by atoms with Gasteiger partial charge in [-0.2, -0.15) is 13.2 Å². The van der Waals surface area contributed by atoms with Gasteiger partial charge in [-0.25, -0.2) is 26.8 Å². The molecule has 0 aliphatic carbocycles. The first-order chi connectivity index (χ1) is 14.9. The molecule has 32 heavy (non-hydrogen) atoms. The quantitative estimate of drug-likeness (QED) is 0.437. The molecule has 0 unspecified atom stereocenters. The van der Waals surface area contributed by atoms with E-state index in [-0.39, 0.29) is 27.7 Å². The van der Waals surface area contributed by atoms with Gasteiger partial charge in [-0.1, -0.05) is 25.1 Å². The molecule has 0 atom stereocenters. The number of imidazole rings is 1. The number of rotatable bonds is 4. The lowest BCUT2D eigenvalue weighted by Gasteiger charge is -2.11. The molecule has 7 nitrogen and oxygen atoms in total. The number of sulfone groups is 2. The Morgan fingerprint density at radius 3 is 2.28 bits per heavy atom. The summed E-state index contributed by atoms with van der Waals surface area (Å²) in [5, 5.41) is 0.598. The zero-order chi connectivity index (χ0) is 23.5. The number of para-hydroxylation sites is 1. The van der Waals surface area contributed by atoms with Gasteiger partial charge in [-0.3, -0.25) is 0 Å². The van der Waals surface area contributed by atoms with Crippen LogP contribution >= 0.6 is 0 Å². The van der Waals surface area contributed by atoms with E-state index in [2.05, 4.69) is 9.97 Å². The number of benzene rings is 2. The molecule has 2 aromatic carbocycles. The van der Waals surface area contributed by atoms with Crippen molar-refractivity contribution in [2.75, 3.05) is 5.75 Å². The molecule has 12 heteroatoms. The van der Waals surface area contributed by atoms with Crippen LogP contribution < -0.4 is 0 Å². The highest BCUT2D eigenvalue weighted by atomic mass is 32.2. The number of fused-ring (bicyclic) bond motifs is 2. The number of pyridine rings is 1. The molecule has 0 fully saturated rings. The highest BCUT2D eigenvalue weighted by Gasteiger charge is 2.47. The first-order valence-electron chi connectivity index (χ1n) is 9.27. The van der Waals surface area contributed by atoms with Crippen molar-refractivity contribution in [1.82, 2.24) is 14.5 Å². The van der Waals surface area contributed by atoms with E-state index in [9.17, 15) is 30.0 Å². The molecular formula is C20H16F3N3O4S2. The van der Waals surface area contributed by atoms with Crippen molar-refractivity contribution in [2.24, 2.45) is 7.05 Å². The molecule has 4 rings (SSSR count). The minimum Gasteiger partial charge on any atom is -0.326 e. The molecule has 2 heterocycles. The molecule has 0 aliphatic heterocycles. The lowest BCUT2D eigenvalue weighted by molar-refractivity contribution is -0.0435. The van der Waals surface area contributed by atoms with Gasteiger partial charge in [0.15, 0.2) is 15.7 Å². The summed E-state index contributed by atoms with van der Waals surface area (Å²) in [7, 11) is -7.75. The van der Waals surface area contributed by atoms with Gasteiger partial charge in [-0.05, 0) is 30.3 Å². The minimum atomic E-state index is -5.56. The largest absolute Gasteiger partial charge is 0.501 e. The molecule has 0 aliphatic rings. The first-order valence-corrected chi connectivity index (χ1v) is 12.4. The summed E-state index contributed by atoms with van der Waals surface area (Å²) in [4.78, 5) is 7.71. The van der Waals surface area contributed by atoms with Gasteiger partial charge in [0.1, 0.15) is 5.69 Å². The smallest absolute Gasteiger partial charge is 0.326 e. The van der Waals surface area contributed by atoms with E-state index in [0.29, 0.717) is 16.4 Å². The predicted octanol–water partition coefficient (Wildman–Crippen LogP) is 3.88. The lowest BCUT2D eigenvalue weighted by atomic mass is 10.2. The van der Waals surface area contributed by atoms with Crippen LogP contribution in [0, 0.1) is 0 Å². The average molecular weight is 483 g/mol. The number of hydrogen-bond donors (Lipinski definition) is 0. The maximum atomic E-state index is 12.9. The minimum absolute atomic E-state index is 0.0319. The van der Waals surface area contributed by atoms with Gasteiger partial charge in [0.25, 0.3) is 9.84 Å². The number of halogens is 3. The second kappa shape index (κ2) is 7.27. The normalized spacial score (nSPS) is 13.2. The third kappa shape index (κ3) is 3.43. The van der Waals surface area contributed by atoms with Crippen LogP contribution in [-0.4, -0.2) is 42.6 Å². The molecule has 0 amide bonds. The van der Waals surface area contributed by atoms with Crippen molar-refractivity contribution in [3.05, 3.63) is 48.5 Å². The Morgan fingerprint density at radius 1 is 0.938 bits per heavy atom. The predicted molar refractivity (Wildman–Crippen MR) is 112 cm³/mol. The van der Waals surface area contributed by atoms with Crippen molar-refractivity contribution >= 4 is 41.6 Å². The summed E-state index contributed by atoms with van der Waals surface area (Å²) in [6, 6.07) is 11.2. The van der Waals surface area contributed by atoms with E-state index < -0.39 is 30.1 Å². The van der Waals surface area contributed by atoms with Crippen molar-refractivity contribution in [1.29, 1.82) is 0 Å². The topological polar surface area (TPSA) is 99.0 Å². The van der Waals surface area contributed by atoms with Gasteiger partial charge in [-0.15, -0.1) is 0 Å². The maximum absolute atomic E-state index is 12.9. The highest BCUT2D eigenvalue weighted by molar-refractivity contribution is 7.92. The zero-order valence-corrected chi connectivity index (χ0v) is 18.4. The average Bonchev–Trinajstić information content (AvgIpc) is 3.07. The van der Waals surface area contributed by atoms with Crippen LogP contribution in [0.1, 0.15) is 6.92 Å². The number of alkyl halides is 3. The van der Waals surface area contributed by atoms with Crippen molar-refractivity contribution in [2.45, 2.75) is 22.2 Å². The third-order valence-electron chi connectivity index (χ3n) is 5.08. The number of nitrogens with zero attached hydrogens (tertiary/aromatic N) is 3. The summed E-state index contributed by atoms with van der Waals surface area (Å²) < 4.78 is 89.4. The fourth-order valence-electron chi connectivity index (χ4n) is 3.34. The molecule has 0 bridgehead atoms. The Kier molecular flexibility index (Phi) is 5.05. The number of hydrogen-bond acceptors (Lipinski definition) is 6. The molecule has 0 saturated heterocycles.